The molecule has 1 heterocycles. The van der Waals surface area contributed by atoms with Crippen LogP contribution in [0.1, 0.15) is 31.9 Å². The van der Waals surface area contributed by atoms with Crippen LogP contribution in [-0.2, 0) is 0 Å². The van der Waals surface area contributed by atoms with Crippen molar-refractivity contribution in [2.45, 2.75) is 31.9 Å². The number of rotatable bonds is 1. The summed E-state index contributed by atoms with van der Waals surface area (Å²) in [6, 6.07) is 3.80. The molecule has 0 saturated heterocycles. The molecule has 0 bridgehead atoms. The molecule has 1 unspecified atom stereocenters. The first-order valence-corrected chi connectivity index (χ1v) is 6.04. The van der Waals surface area contributed by atoms with Crippen molar-refractivity contribution in [1.82, 2.24) is 5.32 Å². The van der Waals surface area contributed by atoms with E-state index in [0.29, 0.717) is 10.0 Å². The topological polar surface area (TPSA) is 21.3 Å². The first-order valence-electron chi connectivity index (χ1n) is 5.28. The lowest BCUT2D eigenvalue weighted by Crippen LogP contribution is -2.38. The summed E-state index contributed by atoms with van der Waals surface area (Å²) in [7, 11) is 1.93. The molecule has 0 aromatic heterocycles. The van der Waals surface area contributed by atoms with E-state index in [1.165, 1.54) is 0 Å². The van der Waals surface area contributed by atoms with Crippen molar-refractivity contribution < 1.29 is 4.74 Å². The summed E-state index contributed by atoms with van der Waals surface area (Å²) in [6.07, 6.45) is 0.887. The molecule has 0 radical (unpaired) electrons. The zero-order chi connectivity index (χ0) is 11.9. The number of fused-ring (bicyclic) bond motifs is 1. The predicted molar refractivity (Wildman–Crippen MR) is 67.6 cm³/mol. The highest BCUT2D eigenvalue weighted by Gasteiger charge is 2.34. The number of nitrogens with one attached hydrogen (secondary N) is 1. The molecule has 16 heavy (non-hydrogen) atoms. The molecule has 2 rings (SSSR count). The molecule has 0 amide bonds. The minimum atomic E-state index is -0.200. The van der Waals surface area contributed by atoms with Crippen LogP contribution in [0.25, 0.3) is 0 Å². The van der Waals surface area contributed by atoms with Gasteiger partial charge >= 0.3 is 0 Å². The van der Waals surface area contributed by atoms with Crippen molar-refractivity contribution in [3.8, 4) is 5.75 Å². The second-order valence-corrected chi connectivity index (χ2v) is 5.55. The quantitative estimate of drug-likeness (QED) is 0.828. The van der Waals surface area contributed by atoms with Gasteiger partial charge < -0.3 is 10.1 Å². The Hall–Kier alpha value is -0.440. The Morgan fingerprint density at radius 1 is 1.38 bits per heavy atom. The summed E-state index contributed by atoms with van der Waals surface area (Å²) < 4.78 is 5.90. The van der Waals surface area contributed by atoms with Crippen LogP contribution in [0.5, 0.6) is 5.75 Å². The molecular formula is C12H15Cl2NO. The van der Waals surface area contributed by atoms with Gasteiger partial charge in [-0.2, -0.15) is 0 Å². The van der Waals surface area contributed by atoms with Gasteiger partial charge in [0.15, 0.2) is 0 Å². The fraction of sp³-hybridized carbons (Fsp3) is 0.500. The molecule has 4 heteroatoms. The third-order valence-electron chi connectivity index (χ3n) is 2.84. The number of ether oxygens (including phenoxy) is 1. The van der Waals surface area contributed by atoms with Crippen LogP contribution in [0, 0.1) is 0 Å². The van der Waals surface area contributed by atoms with Crippen molar-refractivity contribution >= 4 is 23.2 Å². The molecule has 1 atom stereocenters. The highest BCUT2D eigenvalue weighted by atomic mass is 35.5. The van der Waals surface area contributed by atoms with E-state index >= 15 is 0 Å². The highest BCUT2D eigenvalue weighted by Crippen LogP contribution is 2.44. The van der Waals surface area contributed by atoms with E-state index in [9.17, 15) is 0 Å². The van der Waals surface area contributed by atoms with Gasteiger partial charge in [0.1, 0.15) is 11.4 Å². The first kappa shape index (κ1) is 12.0. The minimum absolute atomic E-state index is 0.200. The van der Waals surface area contributed by atoms with Crippen molar-refractivity contribution in [3.05, 3.63) is 27.7 Å². The van der Waals surface area contributed by atoms with Gasteiger partial charge in [-0.15, -0.1) is 0 Å². The van der Waals surface area contributed by atoms with Crippen LogP contribution in [0.3, 0.4) is 0 Å². The van der Waals surface area contributed by atoms with Gasteiger partial charge in [-0.3, -0.25) is 0 Å². The Morgan fingerprint density at radius 3 is 2.69 bits per heavy atom. The van der Waals surface area contributed by atoms with Crippen molar-refractivity contribution in [2.24, 2.45) is 0 Å². The average molecular weight is 260 g/mol. The molecule has 1 aliphatic heterocycles. The van der Waals surface area contributed by atoms with Crippen LogP contribution in [0.15, 0.2) is 12.1 Å². The third-order valence-corrected chi connectivity index (χ3v) is 3.37. The summed E-state index contributed by atoms with van der Waals surface area (Å²) >= 11 is 12.2. The molecule has 0 saturated carbocycles. The van der Waals surface area contributed by atoms with Gasteiger partial charge in [0.2, 0.25) is 0 Å². The zero-order valence-electron chi connectivity index (χ0n) is 9.60. The van der Waals surface area contributed by atoms with Gasteiger partial charge in [0.25, 0.3) is 0 Å². The van der Waals surface area contributed by atoms with Crippen molar-refractivity contribution in [3.63, 3.8) is 0 Å². The molecule has 0 fully saturated rings. The van der Waals surface area contributed by atoms with E-state index in [1.807, 2.05) is 13.1 Å². The molecule has 88 valence electrons. The summed E-state index contributed by atoms with van der Waals surface area (Å²) in [5, 5.41) is 4.54. The SMILES string of the molecule is CNC1CC(C)(C)Oc2cc(Cl)cc(Cl)c21. The predicted octanol–water partition coefficient (Wildman–Crippen LogP) is 3.82. The van der Waals surface area contributed by atoms with Crippen LogP contribution < -0.4 is 10.1 Å². The summed E-state index contributed by atoms with van der Waals surface area (Å²) in [4.78, 5) is 0. The van der Waals surface area contributed by atoms with E-state index in [0.717, 1.165) is 17.7 Å². The van der Waals surface area contributed by atoms with Gasteiger partial charge in [-0.1, -0.05) is 23.2 Å². The van der Waals surface area contributed by atoms with E-state index < -0.39 is 0 Å². The van der Waals surface area contributed by atoms with Crippen LogP contribution in [0.4, 0.5) is 0 Å². The second kappa shape index (κ2) is 4.10. The number of benzene rings is 1. The number of hydrogen-bond donors (Lipinski definition) is 1. The van der Waals surface area contributed by atoms with E-state index in [-0.39, 0.29) is 11.6 Å². The van der Waals surface area contributed by atoms with Crippen molar-refractivity contribution in [2.75, 3.05) is 7.05 Å². The smallest absolute Gasteiger partial charge is 0.127 e. The number of halogens is 2. The normalized spacial score (nSPS) is 22.4. The van der Waals surface area contributed by atoms with Gasteiger partial charge in [-0.25, -0.2) is 0 Å². The minimum Gasteiger partial charge on any atom is -0.487 e. The maximum absolute atomic E-state index is 6.21. The largest absolute Gasteiger partial charge is 0.487 e. The monoisotopic (exact) mass is 259 g/mol. The van der Waals surface area contributed by atoms with Crippen molar-refractivity contribution in [1.29, 1.82) is 0 Å². The lowest BCUT2D eigenvalue weighted by Gasteiger charge is -2.38. The molecule has 0 aliphatic carbocycles. The summed E-state index contributed by atoms with van der Waals surface area (Å²) in [5.41, 5.74) is 0.808. The maximum atomic E-state index is 6.21. The fourth-order valence-corrected chi connectivity index (χ4v) is 2.77. The third kappa shape index (κ3) is 2.15. The average Bonchev–Trinajstić information content (AvgIpc) is 2.13. The standard InChI is InChI=1S/C12H15Cl2NO/c1-12(2)6-9(15-3)11-8(14)4-7(13)5-10(11)16-12/h4-5,9,15H,6H2,1-3H3. The molecule has 1 aromatic rings. The lowest BCUT2D eigenvalue weighted by molar-refractivity contribution is 0.0676. The number of hydrogen-bond acceptors (Lipinski definition) is 2. The molecule has 1 aliphatic rings. The highest BCUT2D eigenvalue weighted by molar-refractivity contribution is 6.35. The van der Waals surface area contributed by atoms with Crippen LogP contribution in [0.2, 0.25) is 10.0 Å². The lowest BCUT2D eigenvalue weighted by atomic mass is 9.90. The van der Waals surface area contributed by atoms with Crippen LogP contribution >= 0.6 is 23.2 Å². The Morgan fingerprint density at radius 2 is 2.06 bits per heavy atom. The Bertz CT molecular complexity index is 418. The first-order chi connectivity index (χ1) is 7.43. The van der Waals surface area contributed by atoms with E-state index in [4.69, 9.17) is 27.9 Å². The van der Waals surface area contributed by atoms with Gasteiger partial charge in [0, 0.05) is 23.0 Å². The Balaban J connectivity index is 2.54. The second-order valence-electron chi connectivity index (χ2n) is 4.71. The van der Waals surface area contributed by atoms with Crippen LogP contribution in [-0.4, -0.2) is 12.6 Å². The Kier molecular flexibility index (Phi) is 3.08. The summed E-state index contributed by atoms with van der Waals surface area (Å²) in [5.74, 6) is 0.785. The van der Waals surface area contributed by atoms with Gasteiger partial charge in [0.05, 0.1) is 5.02 Å². The Labute approximate surface area is 106 Å². The molecule has 1 aromatic carbocycles. The fourth-order valence-electron chi connectivity index (χ4n) is 2.16. The molecular weight excluding hydrogens is 245 g/mol. The molecule has 2 nitrogen and oxygen atoms in total. The van der Waals surface area contributed by atoms with Gasteiger partial charge in [-0.05, 0) is 33.0 Å². The molecule has 0 spiro atoms. The maximum Gasteiger partial charge on any atom is 0.127 e. The van der Waals surface area contributed by atoms with E-state index in [1.54, 1.807) is 6.07 Å². The summed E-state index contributed by atoms with van der Waals surface area (Å²) in [6.45, 7) is 4.13. The van der Waals surface area contributed by atoms with E-state index in [2.05, 4.69) is 19.2 Å². The molecule has 1 N–H and O–H groups in total. The zero-order valence-corrected chi connectivity index (χ0v) is 11.1.